The fourth-order valence-corrected chi connectivity index (χ4v) is 3.86. The van der Waals surface area contributed by atoms with Crippen molar-refractivity contribution in [1.29, 1.82) is 0 Å². The minimum atomic E-state index is -3.38. The third-order valence-corrected chi connectivity index (χ3v) is 5.75. The Labute approximate surface area is 138 Å². The van der Waals surface area contributed by atoms with Crippen LogP contribution in [0.2, 0.25) is 0 Å². The SMILES string of the molecule is CCN(CC)S(=O)(=O)c1ccc(CNCc2cnn(C)c2)cc1. The van der Waals surface area contributed by atoms with Gasteiger partial charge in [0.2, 0.25) is 10.0 Å². The molecule has 0 fully saturated rings. The standard InChI is InChI=1S/C16H24N4O2S/c1-4-20(5-2)23(21,22)16-8-6-14(7-9-16)10-17-11-15-12-18-19(3)13-15/h6-9,12-13,17H,4-5,10-11H2,1-3H3. The number of hydrogen-bond donors (Lipinski definition) is 1. The molecule has 2 rings (SSSR count). The summed E-state index contributed by atoms with van der Waals surface area (Å²) in [7, 11) is -1.49. The first-order valence-electron chi connectivity index (χ1n) is 7.74. The molecule has 23 heavy (non-hydrogen) atoms. The van der Waals surface area contributed by atoms with Crippen molar-refractivity contribution in [1.82, 2.24) is 19.4 Å². The molecule has 0 aliphatic rings. The Balaban J connectivity index is 1.96. The van der Waals surface area contributed by atoms with Gasteiger partial charge in [-0.05, 0) is 17.7 Å². The molecule has 0 saturated carbocycles. The van der Waals surface area contributed by atoms with Crippen LogP contribution in [-0.4, -0.2) is 35.6 Å². The highest BCUT2D eigenvalue weighted by Gasteiger charge is 2.20. The van der Waals surface area contributed by atoms with Gasteiger partial charge >= 0.3 is 0 Å². The maximum Gasteiger partial charge on any atom is 0.243 e. The molecule has 0 aliphatic heterocycles. The topological polar surface area (TPSA) is 67.2 Å². The van der Waals surface area contributed by atoms with Crippen LogP contribution in [0, 0.1) is 0 Å². The van der Waals surface area contributed by atoms with Crippen LogP contribution < -0.4 is 5.32 Å². The van der Waals surface area contributed by atoms with Crippen LogP contribution in [0.4, 0.5) is 0 Å². The van der Waals surface area contributed by atoms with Crippen molar-refractivity contribution in [2.24, 2.45) is 7.05 Å². The van der Waals surface area contributed by atoms with Gasteiger partial charge in [0, 0.05) is 45.0 Å². The lowest BCUT2D eigenvalue weighted by Crippen LogP contribution is -2.30. The van der Waals surface area contributed by atoms with Crippen molar-refractivity contribution in [2.75, 3.05) is 13.1 Å². The van der Waals surface area contributed by atoms with Crippen molar-refractivity contribution >= 4 is 10.0 Å². The van der Waals surface area contributed by atoms with E-state index in [4.69, 9.17) is 0 Å². The molecule has 0 amide bonds. The summed E-state index contributed by atoms with van der Waals surface area (Å²) in [6.07, 6.45) is 3.79. The largest absolute Gasteiger partial charge is 0.309 e. The van der Waals surface area contributed by atoms with Gasteiger partial charge in [0.1, 0.15) is 0 Å². The van der Waals surface area contributed by atoms with E-state index in [2.05, 4.69) is 10.4 Å². The maximum atomic E-state index is 12.4. The summed E-state index contributed by atoms with van der Waals surface area (Å²) in [5.41, 5.74) is 2.17. The van der Waals surface area contributed by atoms with E-state index in [-0.39, 0.29) is 0 Å². The number of nitrogens with zero attached hydrogens (tertiary/aromatic N) is 3. The molecule has 1 N–H and O–H groups in total. The van der Waals surface area contributed by atoms with Crippen LogP contribution in [-0.2, 0) is 30.2 Å². The highest BCUT2D eigenvalue weighted by molar-refractivity contribution is 7.89. The van der Waals surface area contributed by atoms with Gasteiger partial charge in [-0.25, -0.2) is 8.42 Å². The van der Waals surface area contributed by atoms with E-state index >= 15 is 0 Å². The predicted molar refractivity (Wildman–Crippen MR) is 90.3 cm³/mol. The lowest BCUT2D eigenvalue weighted by Gasteiger charge is -2.18. The number of nitrogens with one attached hydrogen (secondary N) is 1. The van der Waals surface area contributed by atoms with Gasteiger partial charge in [-0.2, -0.15) is 9.40 Å². The lowest BCUT2D eigenvalue weighted by atomic mass is 10.2. The molecular weight excluding hydrogens is 312 g/mol. The first-order valence-corrected chi connectivity index (χ1v) is 9.18. The maximum absolute atomic E-state index is 12.4. The second-order valence-electron chi connectivity index (χ2n) is 5.36. The summed E-state index contributed by atoms with van der Waals surface area (Å²) in [4.78, 5) is 0.345. The van der Waals surface area contributed by atoms with Gasteiger partial charge in [0.05, 0.1) is 11.1 Å². The molecule has 2 aromatic rings. The summed E-state index contributed by atoms with van der Waals surface area (Å²) in [5, 5.41) is 7.44. The van der Waals surface area contributed by atoms with Crippen LogP contribution in [0.3, 0.4) is 0 Å². The Morgan fingerprint density at radius 1 is 1.09 bits per heavy atom. The fraction of sp³-hybridized carbons (Fsp3) is 0.438. The van der Waals surface area contributed by atoms with Crippen molar-refractivity contribution in [3.63, 3.8) is 0 Å². The van der Waals surface area contributed by atoms with E-state index < -0.39 is 10.0 Å². The Bertz CT molecular complexity index is 719. The van der Waals surface area contributed by atoms with Crippen molar-refractivity contribution in [3.8, 4) is 0 Å². The van der Waals surface area contributed by atoms with Crippen molar-refractivity contribution in [2.45, 2.75) is 31.8 Å². The minimum absolute atomic E-state index is 0.345. The molecule has 1 aromatic heterocycles. The Morgan fingerprint density at radius 3 is 2.22 bits per heavy atom. The normalized spacial score (nSPS) is 12.0. The smallest absolute Gasteiger partial charge is 0.243 e. The number of rotatable bonds is 8. The van der Waals surface area contributed by atoms with E-state index in [1.165, 1.54) is 4.31 Å². The Morgan fingerprint density at radius 2 is 1.70 bits per heavy atom. The highest BCUT2D eigenvalue weighted by Crippen LogP contribution is 2.16. The molecule has 0 bridgehead atoms. The average Bonchev–Trinajstić information content (AvgIpc) is 2.94. The number of aryl methyl sites for hydroxylation is 1. The lowest BCUT2D eigenvalue weighted by molar-refractivity contribution is 0.445. The van der Waals surface area contributed by atoms with Gasteiger partial charge < -0.3 is 5.32 Å². The third-order valence-electron chi connectivity index (χ3n) is 3.68. The van der Waals surface area contributed by atoms with Crippen LogP contribution in [0.15, 0.2) is 41.6 Å². The summed E-state index contributed by atoms with van der Waals surface area (Å²) in [6.45, 7) is 6.06. The second-order valence-corrected chi connectivity index (χ2v) is 7.30. The van der Waals surface area contributed by atoms with E-state index in [0.717, 1.165) is 17.7 Å². The summed E-state index contributed by atoms with van der Waals surface area (Å²) in [5.74, 6) is 0. The summed E-state index contributed by atoms with van der Waals surface area (Å²) >= 11 is 0. The first kappa shape index (κ1) is 17.7. The van der Waals surface area contributed by atoms with Crippen molar-refractivity contribution < 1.29 is 8.42 Å². The molecule has 0 unspecified atom stereocenters. The molecule has 1 heterocycles. The zero-order chi connectivity index (χ0) is 16.9. The van der Waals surface area contributed by atoms with E-state index in [0.29, 0.717) is 24.5 Å². The number of aromatic nitrogens is 2. The van der Waals surface area contributed by atoms with Gasteiger partial charge in [0.25, 0.3) is 0 Å². The predicted octanol–water partition coefficient (Wildman–Crippen LogP) is 1.74. The molecule has 1 aromatic carbocycles. The van der Waals surface area contributed by atoms with Gasteiger partial charge in [-0.1, -0.05) is 26.0 Å². The second kappa shape index (κ2) is 7.72. The molecule has 0 aliphatic carbocycles. The van der Waals surface area contributed by atoms with Gasteiger partial charge in [0.15, 0.2) is 0 Å². The molecule has 0 saturated heterocycles. The quantitative estimate of drug-likeness (QED) is 0.797. The molecule has 126 valence electrons. The van der Waals surface area contributed by atoms with E-state index in [1.54, 1.807) is 16.8 Å². The molecule has 6 nitrogen and oxygen atoms in total. The molecule has 7 heteroatoms. The third kappa shape index (κ3) is 4.40. The average molecular weight is 336 g/mol. The van der Waals surface area contributed by atoms with Crippen molar-refractivity contribution in [3.05, 3.63) is 47.8 Å². The molecular formula is C16H24N4O2S. The Kier molecular flexibility index (Phi) is 5.92. The first-order chi connectivity index (χ1) is 11.0. The van der Waals surface area contributed by atoms with Crippen LogP contribution >= 0.6 is 0 Å². The van der Waals surface area contributed by atoms with E-state index in [1.807, 2.05) is 45.4 Å². The van der Waals surface area contributed by atoms with Crippen LogP contribution in [0.5, 0.6) is 0 Å². The zero-order valence-corrected chi connectivity index (χ0v) is 14.7. The summed E-state index contributed by atoms with van der Waals surface area (Å²) in [6, 6.07) is 7.06. The Hall–Kier alpha value is -1.70. The monoisotopic (exact) mass is 336 g/mol. The number of benzene rings is 1. The fourth-order valence-electron chi connectivity index (χ4n) is 2.41. The van der Waals surface area contributed by atoms with E-state index in [9.17, 15) is 8.42 Å². The molecule has 0 atom stereocenters. The highest BCUT2D eigenvalue weighted by atomic mass is 32.2. The number of hydrogen-bond acceptors (Lipinski definition) is 4. The molecule has 0 spiro atoms. The van der Waals surface area contributed by atoms with Gasteiger partial charge in [-0.15, -0.1) is 0 Å². The number of sulfonamides is 1. The van der Waals surface area contributed by atoms with Crippen LogP contribution in [0.25, 0.3) is 0 Å². The van der Waals surface area contributed by atoms with Gasteiger partial charge in [-0.3, -0.25) is 4.68 Å². The molecule has 0 radical (unpaired) electrons. The minimum Gasteiger partial charge on any atom is -0.309 e. The zero-order valence-electron chi connectivity index (χ0n) is 13.9. The summed E-state index contributed by atoms with van der Waals surface area (Å²) < 4.78 is 28.0. The van der Waals surface area contributed by atoms with Crippen LogP contribution in [0.1, 0.15) is 25.0 Å².